The van der Waals surface area contributed by atoms with Crippen LogP contribution in [-0.4, -0.2) is 27.2 Å². The lowest BCUT2D eigenvalue weighted by atomic mass is 10.2. The molecule has 2 atom stereocenters. The van der Waals surface area contributed by atoms with Crippen LogP contribution < -0.4 is 5.32 Å². The van der Waals surface area contributed by atoms with Crippen LogP contribution in [0.25, 0.3) is 0 Å². The molecule has 1 aromatic carbocycles. The highest BCUT2D eigenvalue weighted by molar-refractivity contribution is 9.10. The minimum atomic E-state index is -0.828. The summed E-state index contributed by atoms with van der Waals surface area (Å²) in [4.78, 5) is 10.5. The molecule has 0 amide bonds. The lowest BCUT2D eigenvalue weighted by Crippen LogP contribution is -2.21. The molecule has 0 bridgehead atoms. The standard InChI is InChI=1S/C12H17BrN2O3S/c1-9(19(2)18)5-6-14-8-10-3-4-11(13)7-12(10)15(16)17/h3-4,7,9,14H,5-6,8H2,1-2H3. The van der Waals surface area contributed by atoms with E-state index >= 15 is 0 Å². The number of rotatable bonds is 7. The van der Waals surface area contributed by atoms with Gasteiger partial charge in [0.25, 0.3) is 5.69 Å². The third-order valence-electron chi connectivity index (χ3n) is 2.85. The summed E-state index contributed by atoms with van der Waals surface area (Å²) in [6.45, 7) is 3.06. The van der Waals surface area contributed by atoms with E-state index in [0.717, 1.165) is 6.42 Å². The van der Waals surface area contributed by atoms with Gasteiger partial charge in [-0.05, 0) is 25.1 Å². The van der Waals surface area contributed by atoms with Crippen LogP contribution in [-0.2, 0) is 17.3 Å². The summed E-state index contributed by atoms with van der Waals surface area (Å²) < 4.78 is 11.9. The summed E-state index contributed by atoms with van der Waals surface area (Å²) in [6, 6.07) is 5.02. The second-order valence-corrected chi connectivity index (χ2v) is 7.02. The number of nitrogens with zero attached hydrogens (tertiary/aromatic N) is 1. The van der Waals surface area contributed by atoms with Gasteiger partial charge in [-0.3, -0.25) is 14.3 Å². The number of hydrogen-bond donors (Lipinski definition) is 1. The molecular weight excluding hydrogens is 332 g/mol. The van der Waals surface area contributed by atoms with Gasteiger partial charge in [0.05, 0.1) is 4.92 Å². The Kier molecular flexibility index (Phi) is 6.60. The third kappa shape index (κ3) is 5.38. The zero-order chi connectivity index (χ0) is 14.4. The Bertz CT molecular complexity index is 482. The van der Waals surface area contributed by atoms with Crippen LogP contribution in [0.5, 0.6) is 0 Å². The topological polar surface area (TPSA) is 72.2 Å². The molecule has 0 saturated heterocycles. The van der Waals surface area contributed by atoms with Crippen LogP contribution in [0, 0.1) is 10.1 Å². The molecule has 1 N–H and O–H groups in total. The van der Waals surface area contributed by atoms with E-state index in [9.17, 15) is 14.3 Å². The average molecular weight is 349 g/mol. The SMILES string of the molecule is CC(CCNCc1ccc(Br)cc1[N+](=O)[O-])S(C)=O. The van der Waals surface area contributed by atoms with Crippen molar-refractivity contribution in [3.63, 3.8) is 0 Å². The van der Waals surface area contributed by atoms with E-state index in [2.05, 4.69) is 21.2 Å². The summed E-state index contributed by atoms with van der Waals surface area (Å²) in [5.74, 6) is 0. The van der Waals surface area contributed by atoms with E-state index in [4.69, 9.17) is 0 Å². The maximum atomic E-state index is 11.2. The molecule has 0 aliphatic carbocycles. The predicted octanol–water partition coefficient (Wildman–Crippen LogP) is 2.60. The molecule has 1 rings (SSSR count). The first-order valence-electron chi connectivity index (χ1n) is 5.87. The Labute approximate surface area is 123 Å². The number of hydrogen-bond acceptors (Lipinski definition) is 4. The monoisotopic (exact) mass is 348 g/mol. The second kappa shape index (κ2) is 7.72. The molecule has 0 aliphatic heterocycles. The van der Waals surface area contributed by atoms with Crippen LogP contribution in [0.15, 0.2) is 22.7 Å². The fourth-order valence-electron chi connectivity index (χ4n) is 1.55. The fraction of sp³-hybridized carbons (Fsp3) is 0.500. The molecule has 0 aliphatic rings. The molecule has 0 fully saturated rings. The van der Waals surface area contributed by atoms with Gasteiger partial charge in [-0.15, -0.1) is 0 Å². The van der Waals surface area contributed by atoms with Crippen molar-refractivity contribution in [1.82, 2.24) is 5.32 Å². The molecule has 0 aromatic heterocycles. The molecule has 7 heteroatoms. The van der Waals surface area contributed by atoms with Crippen molar-refractivity contribution in [3.8, 4) is 0 Å². The number of nitrogens with one attached hydrogen (secondary N) is 1. The fourth-order valence-corrected chi connectivity index (χ4v) is 2.35. The van der Waals surface area contributed by atoms with Gasteiger partial charge in [0, 0.05) is 45.0 Å². The highest BCUT2D eigenvalue weighted by atomic mass is 79.9. The summed E-state index contributed by atoms with van der Waals surface area (Å²) in [6.07, 6.45) is 2.47. The molecule has 0 radical (unpaired) electrons. The van der Waals surface area contributed by atoms with Gasteiger partial charge in [-0.25, -0.2) is 0 Å². The van der Waals surface area contributed by atoms with E-state index < -0.39 is 10.8 Å². The van der Waals surface area contributed by atoms with Gasteiger partial charge < -0.3 is 5.32 Å². The lowest BCUT2D eigenvalue weighted by molar-refractivity contribution is -0.385. The third-order valence-corrected chi connectivity index (χ3v) is 4.72. The molecular formula is C12H17BrN2O3S. The first kappa shape index (κ1) is 16.3. The Morgan fingerprint density at radius 3 is 2.79 bits per heavy atom. The number of nitro benzene ring substituents is 1. The molecule has 2 unspecified atom stereocenters. The maximum absolute atomic E-state index is 11.2. The summed E-state index contributed by atoms with van der Waals surface area (Å²) >= 11 is 3.22. The number of nitro groups is 1. The molecule has 1 aromatic rings. The Morgan fingerprint density at radius 1 is 1.53 bits per heavy atom. The molecule has 0 saturated carbocycles. The number of benzene rings is 1. The van der Waals surface area contributed by atoms with Crippen LogP contribution in [0.3, 0.4) is 0 Å². The highest BCUT2D eigenvalue weighted by Gasteiger charge is 2.13. The first-order chi connectivity index (χ1) is 8.91. The van der Waals surface area contributed by atoms with Crippen LogP contribution in [0.2, 0.25) is 0 Å². The van der Waals surface area contributed by atoms with Crippen molar-refractivity contribution in [2.45, 2.75) is 25.1 Å². The normalized spacial score (nSPS) is 14.1. The van der Waals surface area contributed by atoms with Gasteiger partial charge in [-0.1, -0.05) is 22.9 Å². The van der Waals surface area contributed by atoms with Gasteiger partial charge >= 0.3 is 0 Å². The first-order valence-corrected chi connectivity index (χ1v) is 8.29. The Balaban J connectivity index is 2.54. The molecule has 0 heterocycles. The van der Waals surface area contributed by atoms with E-state index in [0.29, 0.717) is 23.1 Å². The van der Waals surface area contributed by atoms with Crippen molar-refractivity contribution in [2.75, 3.05) is 12.8 Å². The quantitative estimate of drug-likeness (QED) is 0.467. The van der Waals surface area contributed by atoms with Crippen molar-refractivity contribution in [1.29, 1.82) is 0 Å². The number of halogens is 1. The predicted molar refractivity (Wildman–Crippen MR) is 80.6 cm³/mol. The Hall–Kier alpha value is -0.790. The van der Waals surface area contributed by atoms with Crippen molar-refractivity contribution in [2.24, 2.45) is 0 Å². The van der Waals surface area contributed by atoms with Crippen LogP contribution >= 0.6 is 15.9 Å². The van der Waals surface area contributed by atoms with Crippen LogP contribution in [0.1, 0.15) is 18.9 Å². The van der Waals surface area contributed by atoms with E-state index in [1.165, 1.54) is 6.07 Å². The average Bonchev–Trinajstić information content (AvgIpc) is 2.35. The smallest absolute Gasteiger partial charge is 0.275 e. The van der Waals surface area contributed by atoms with E-state index in [1.807, 2.05) is 6.92 Å². The zero-order valence-corrected chi connectivity index (χ0v) is 13.3. The van der Waals surface area contributed by atoms with Gasteiger partial charge in [0.1, 0.15) is 0 Å². The van der Waals surface area contributed by atoms with Gasteiger partial charge in [0.2, 0.25) is 0 Å². The molecule has 106 valence electrons. The largest absolute Gasteiger partial charge is 0.312 e. The summed E-state index contributed by atoms with van der Waals surface area (Å²) in [7, 11) is -0.828. The summed E-state index contributed by atoms with van der Waals surface area (Å²) in [5, 5.41) is 14.2. The lowest BCUT2D eigenvalue weighted by Gasteiger charge is -2.09. The minimum absolute atomic E-state index is 0.106. The van der Waals surface area contributed by atoms with Gasteiger partial charge in [-0.2, -0.15) is 0 Å². The minimum Gasteiger partial charge on any atom is -0.312 e. The Morgan fingerprint density at radius 2 is 2.21 bits per heavy atom. The summed E-state index contributed by atoms with van der Waals surface area (Å²) in [5.41, 5.74) is 0.757. The molecule has 0 spiro atoms. The second-order valence-electron chi connectivity index (χ2n) is 4.30. The van der Waals surface area contributed by atoms with Gasteiger partial charge in [0.15, 0.2) is 0 Å². The van der Waals surface area contributed by atoms with Crippen molar-refractivity contribution >= 4 is 32.4 Å². The zero-order valence-electron chi connectivity index (χ0n) is 10.9. The van der Waals surface area contributed by atoms with E-state index in [1.54, 1.807) is 18.4 Å². The van der Waals surface area contributed by atoms with E-state index in [-0.39, 0.29) is 15.9 Å². The van der Waals surface area contributed by atoms with Crippen molar-refractivity contribution < 1.29 is 9.13 Å². The highest BCUT2D eigenvalue weighted by Crippen LogP contribution is 2.23. The van der Waals surface area contributed by atoms with Crippen LogP contribution in [0.4, 0.5) is 5.69 Å². The van der Waals surface area contributed by atoms with Crippen molar-refractivity contribution in [3.05, 3.63) is 38.3 Å². The maximum Gasteiger partial charge on any atom is 0.275 e. The molecule has 19 heavy (non-hydrogen) atoms. The molecule has 5 nitrogen and oxygen atoms in total.